The lowest BCUT2D eigenvalue weighted by molar-refractivity contribution is -0.125. The minimum absolute atomic E-state index is 0.236. The Labute approximate surface area is 169 Å². The van der Waals surface area contributed by atoms with Crippen molar-refractivity contribution in [2.24, 2.45) is 11.3 Å². The first kappa shape index (κ1) is 18.5. The van der Waals surface area contributed by atoms with Crippen molar-refractivity contribution >= 4 is 11.6 Å². The first-order chi connectivity index (χ1) is 13.6. The van der Waals surface area contributed by atoms with Gasteiger partial charge in [0.15, 0.2) is 0 Å². The van der Waals surface area contributed by atoms with E-state index in [1.807, 2.05) is 6.07 Å². The van der Waals surface area contributed by atoms with Crippen LogP contribution in [-0.2, 0) is 4.79 Å². The van der Waals surface area contributed by atoms with E-state index in [4.69, 9.17) is 0 Å². The number of para-hydroxylation sites is 1. The number of carbonyl (C=O) groups excluding carboxylic acids is 1. The maximum Gasteiger partial charge on any atom is 0.247 e. The lowest BCUT2D eigenvalue weighted by atomic mass is 9.59. The highest BCUT2D eigenvalue weighted by Gasteiger charge is 2.51. The zero-order valence-corrected chi connectivity index (χ0v) is 17.3. The van der Waals surface area contributed by atoms with E-state index in [1.54, 1.807) is 0 Å². The van der Waals surface area contributed by atoms with Gasteiger partial charge >= 0.3 is 0 Å². The first-order valence-corrected chi connectivity index (χ1v) is 11.5. The lowest BCUT2D eigenvalue weighted by Crippen LogP contribution is -2.58. The second-order valence-corrected chi connectivity index (χ2v) is 10.0. The fraction of sp³-hybridized carbons (Fsp3) is 0.708. The second-order valence-electron chi connectivity index (χ2n) is 10.0. The number of nitrogens with one attached hydrogen (secondary N) is 1. The van der Waals surface area contributed by atoms with Crippen LogP contribution in [-0.4, -0.2) is 42.1 Å². The Morgan fingerprint density at radius 1 is 1.00 bits per heavy atom. The number of rotatable bonds is 2. The van der Waals surface area contributed by atoms with Crippen LogP contribution in [0.4, 0.5) is 5.69 Å². The summed E-state index contributed by atoms with van der Waals surface area (Å²) < 4.78 is 0. The number of piperidine rings is 1. The van der Waals surface area contributed by atoms with E-state index < -0.39 is 0 Å². The van der Waals surface area contributed by atoms with Crippen molar-refractivity contribution in [1.29, 1.82) is 0 Å². The SMILES string of the molecule is CC12CCCCC1CC(N1CCC3(CC1)C(=O)NCN3c1ccccc1)CC2. The van der Waals surface area contributed by atoms with E-state index in [2.05, 4.69) is 46.3 Å². The molecule has 1 N–H and O–H groups in total. The van der Waals surface area contributed by atoms with Crippen molar-refractivity contribution in [3.05, 3.63) is 30.3 Å². The molecule has 4 nitrogen and oxygen atoms in total. The molecule has 0 radical (unpaired) electrons. The summed E-state index contributed by atoms with van der Waals surface area (Å²) in [5.41, 5.74) is 1.44. The average Bonchev–Trinajstić information content (AvgIpc) is 3.04. The van der Waals surface area contributed by atoms with Crippen LogP contribution in [0, 0.1) is 11.3 Å². The highest BCUT2D eigenvalue weighted by molar-refractivity contribution is 5.93. The molecule has 3 unspecified atom stereocenters. The summed E-state index contributed by atoms with van der Waals surface area (Å²) in [4.78, 5) is 17.9. The largest absolute Gasteiger partial charge is 0.339 e. The normalized spacial score (nSPS) is 35.6. The molecule has 152 valence electrons. The van der Waals surface area contributed by atoms with E-state index >= 15 is 0 Å². The molecule has 28 heavy (non-hydrogen) atoms. The fourth-order valence-corrected chi connectivity index (χ4v) is 6.77. The Balaban J connectivity index is 1.27. The van der Waals surface area contributed by atoms with Crippen LogP contribution in [0.2, 0.25) is 0 Å². The van der Waals surface area contributed by atoms with Crippen molar-refractivity contribution in [2.45, 2.75) is 76.3 Å². The second kappa shape index (κ2) is 7.05. The summed E-state index contributed by atoms with van der Waals surface area (Å²) in [5.74, 6) is 1.16. The number of nitrogens with zero attached hydrogens (tertiary/aromatic N) is 2. The first-order valence-electron chi connectivity index (χ1n) is 11.5. The molecule has 0 aromatic heterocycles. The van der Waals surface area contributed by atoms with Gasteiger partial charge in [-0.2, -0.15) is 0 Å². The van der Waals surface area contributed by atoms with Gasteiger partial charge < -0.3 is 15.1 Å². The molecule has 1 amide bonds. The van der Waals surface area contributed by atoms with Crippen molar-refractivity contribution in [1.82, 2.24) is 10.2 Å². The van der Waals surface area contributed by atoms with Crippen molar-refractivity contribution in [3.8, 4) is 0 Å². The zero-order chi connectivity index (χ0) is 19.2. The third-order valence-electron chi connectivity index (χ3n) is 8.69. The Hall–Kier alpha value is -1.55. The molecule has 0 bridgehead atoms. The number of likely N-dealkylation sites (tertiary alicyclic amines) is 1. The maximum atomic E-state index is 12.9. The minimum atomic E-state index is -0.341. The number of amides is 1. The number of carbonyl (C=O) groups is 1. The fourth-order valence-electron chi connectivity index (χ4n) is 6.77. The van der Waals surface area contributed by atoms with Gasteiger partial charge in [0.1, 0.15) is 5.54 Å². The topological polar surface area (TPSA) is 35.6 Å². The van der Waals surface area contributed by atoms with Crippen LogP contribution >= 0.6 is 0 Å². The third kappa shape index (κ3) is 2.96. The van der Waals surface area contributed by atoms with Gasteiger partial charge in [-0.15, -0.1) is 0 Å². The molecule has 2 saturated carbocycles. The smallest absolute Gasteiger partial charge is 0.247 e. The minimum Gasteiger partial charge on any atom is -0.339 e. The summed E-state index contributed by atoms with van der Waals surface area (Å²) in [5, 5.41) is 3.13. The van der Waals surface area contributed by atoms with Gasteiger partial charge in [0.05, 0.1) is 6.67 Å². The molecule has 5 rings (SSSR count). The highest BCUT2D eigenvalue weighted by Crippen LogP contribution is 2.51. The Kier molecular flexibility index (Phi) is 4.65. The van der Waals surface area contributed by atoms with Gasteiger partial charge in [-0.25, -0.2) is 0 Å². The Bertz CT molecular complexity index is 712. The van der Waals surface area contributed by atoms with Crippen LogP contribution in [0.25, 0.3) is 0 Å². The lowest BCUT2D eigenvalue weighted by Gasteiger charge is -2.52. The van der Waals surface area contributed by atoms with Crippen molar-refractivity contribution in [3.63, 3.8) is 0 Å². The van der Waals surface area contributed by atoms with E-state index in [1.165, 1.54) is 50.6 Å². The molecule has 4 heteroatoms. The van der Waals surface area contributed by atoms with Crippen LogP contribution in [0.15, 0.2) is 30.3 Å². The molecular weight excluding hydrogens is 346 g/mol. The van der Waals surface area contributed by atoms with E-state index in [0.717, 1.165) is 37.9 Å². The van der Waals surface area contributed by atoms with Crippen LogP contribution in [0.3, 0.4) is 0 Å². The predicted octanol–water partition coefficient (Wildman–Crippen LogP) is 4.16. The maximum absolute atomic E-state index is 12.9. The Morgan fingerprint density at radius 2 is 1.79 bits per heavy atom. The molecule has 2 saturated heterocycles. The molecule has 1 aromatic carbocycles. The highest BCUT2D eigenvalue weighted by atomic mass is 16.2. The Morgan fingerprint density at radius 3 is 2.57 bits per heavy atom. The monoisotopic (exact) mass is 381 g/mol. The van der Waals surface area contributed by atoms with E-state index in [0.29, 0.717) is 12.1 Å². The molecule has 1 spiro atoms. The number of hydrogen-bond acceptors (Lipinski definition) is 3. The average molecular weight is 382 g/mol. The van der Waals surface area contributed by atoms with Crippen molar-refractivity contribution < 1.29 is 4.79 Å². The predicted molar refractivity (Wildman–Crippen MR) is 113 cm³/mol. The quantitative estimate of drug-likeness (QED) is 0.835. The van der Waals surface area contributed by atoms with Crippen LogP contribution in [0.5, 0.6) is 0 Å². The molecule has 2 heterocycles. The molecule has 3 atom stereocenters. The summed E-state index contributed by atoms with van der Waals surface area (Å²) in [6.45, 7) is 5.32. The molecule has 4 aliphatic rings. The number of anilines is 1. The third-order valence-corrected chi connectivity index (χ3v) is 8.69. The molecular formula is C24H35N3O. The summed E-state index contributed by atoms with van der Waals surface area (Å²) in [6.07, 6.45) is 11.8. The molecule has 4 fully saturated rings. The van der Waals surface area contributed by atoms with E-state index in [9.17, 15) is 4.79 Å². The van der Waals surface area contributed by atoms with E-state index in [-0.39, 0.29) is 11.4 Å². The number of hydrogen-bond donors (Lipinski definition) is 1. The van der Waals surface area contributed by atoms with Gasteiger partial charge in [0.25, 0.3) is 0 Å². The standard InChI is InChI=1S/C24H35N3O/c1-23-11-6-5-7-19(23)17-21(10-12-23)26-15-13-24(14-16-26)22(28)25-18-27(24)20-8-3-2-4-9-20/h2-4,8-9,19,21H,5-7,10-18H2,1H3,(H,25,28). The summed E-state index contributed by atoms with van der Waals surface area (Å²) >= 11 is 0. The zero-order valence-electron chi connectivity index (χ0n) is 17.3. The molecule has 2 aliphatic heterocycles. The molecule has 1 aromatic rings. The van der Waals surface area contributed by atoms with Gasteiger partial charge in [0, 0.05) is 24.8 Å². The van der Waals surface area contributed by atoms with Crippen LogP contribution in [0.1, 0.15) is 64.7 Å². The summed E-state index contributed by atoms with van der Waals surface area (Å²) in [6, 6.07) is 11.2. The van der Waals surface area contributed by atoms with Gasteiger partial charge in [-0.05, 0) is 68.4 Å². The van der Waals surface area contributed by atoms with Crippen molar-refractivity contribution in [2.75, 3.05) is 24.7 Å². The molecule has 2 aliphatic carbocycles. The van der Waals surface area contributed by atoms with Gasteiger partial charge in [-0.3, -0.25) is 4.79 Å². The summed E-state index contributed by atoms with van der Waals surface area (Å²) in [7, 11) is 0. The van der Waals surface area contributed by atoms with Crippen LogP contribution < -0.4 is 10.2 Å². The van der Waals surface area contributed by atoms with Gasteiger partial charge in [-0.1, -0.05) is 38.0 Å². The number of benzene rings is 1. The number of fused-ring (bicyclic) bond motifs is 1. The van der Waals surface area contributed by atoms with Gasteiger partial charge in [0.2, 0.25) is 5.91 Å².